The topological polar surface area (TPSA) is 131 Å². The van der Waals surface area contributed by atoms with Crippen molar-refractivity contribution in [2.45, 2.75) is 39.7 Å². The monoisotopic (exact) mass is 276 g/mol. The molecule has 0 aliphatic rings. The number of hydrogen-bond acceptors (Lipinski definition) is 7. The van der Waals surface area contributed by atoms with Gasteiger partial charge in [-0.25, -0.2) is 4.98 Å². The Hall–Kier alpha value is -2.38. The molecule has 0 amide bonds. The first-order valence-electron chi connectivity index (χ1n) is 6.63. The van der Waals surface area contributed by atoms with Crippen LogP contribution in [0.2, 0.25) is 0 Å². The maximum absolute atomic E-state index is 5.71. The number of hydrogen-bond donors (Lipinski definition) is 4. The third-order valence-corrected chi connectivity index (χ3v) is 2.98. The molecule has 0 fully saturated rings. The second-order valence-electron chi connectivity index (χ2n) is 4.59. The zero-order valence-corrected chi connectivity index (χ0v) is 11.8. The molecular weight excluding hydrogens is 256 g/mol. The molecule has 0 saturated heterocycles. The molecule has 108 valence electrons. The molecule has 0 spiro atoms. The molecule has 2 aromatic heterocycles. The van der Waals surface area contributed by atoms with E-state index in [9.17, 15) is 0 Å². The molecule has 2 rings (SSSR count). The van der Waals surface area contributed by atoms with E-state index in [1.165, 1.54) is 0 Å². The number of H-pyrrole nitrogens is 1. The van der Waals surface area contributed by atoms with Crippen LogP contribution >= 0.6 is 0 Å². The maximum Gasteiger partial charge on any atom is 0.239 e. The summed E-state index contributed by atoms with van der Waals surface area (Å²) >= 11 is 0. The number of nitrogen functional groups attached to an aromatic ring is 2. The summed E-state index contributed by atoms with van der Waals surface area (Å²) in [6.45, 7) is 4.55. The Morgan fingerprint density at radius 2 is 1.95 bits per heavy atom. The molecule has 0 bridgehead atoms. The Kier molecular flexibility index (Phi) is 4.34. The smallest absolute Gasteiger partial charge is 0.239 e. The summed E-state index contributed by atoms with van der Waals surface area (Å²) in [6.07, 6.45) is 3.11. The SMILES string of the molecule is CCCCc1c(C)nc(N)nc1NCc1nc(N)n[nH]1. The highest BCUT2D eigenvalue weighted by Crippen LogP contribution is 2.20. The van der Waals surface area contributed by atoms with Crippen LogP contribution in [0.25, 0.3) is 0 Å². The van der Waals surface area contributed by atoms with Gasteiger partial charge in [-0.15, -0.1) is 5.10 Å². The normalized spacial score (nSPS) is 10.7. The lowest BCUT2D eigenvalue weighted by Gasteiger charge is -2.12. The third kappa shape index (κ3) is 3.34. The van der Waals surface area contributed by atoms with Gasteiger partial charge in [0.05, 0.1) is 6.54 Å². The lowest BCUT2D eigenvalue weighted by molar-refractivity contribution is 0.781. The molecule has 2 heterocycles. The van der Waals surface area contributed by atoms with Crippen molar-refractivity contribution in [3.63, 3.8) is 0 Å². The summed E-state index contributed by atoms with van der Waals surface area (Å²) in [5.41, 5.74) is 13.2. The van der Waals surface area contributed by atoms with Gasteiger partial charge < -0.3 is 16.8 Å². The van der Waals surface area contributed by atoms with Crippen LogP contribution in [0, 0.1) is 6.92 Å². The molecule has 8 heteroatoms. The van der Waals surface area contributed by atoms with Gasteiger partial charge in [0.25, 0.3) is 0 Å². The number of aryl methyl sites for hydroxylation is 1. The summed E-state index contributed by atoms with van der Waals surface area (Å²) in [7, 11) is 0. The largest absolute Gasteiger partial charge is 0.368 e. The van der Waals surface area contributed by atoms with Gasteiger partial charge in [0.2, 0.25) is 11.9 Å². The van der Waals surface area contributed by atoms with E-state index in [2.05, 4.69) is 37.4 Å². The number of anilines is 3. The summed E-state index contributed by atoms with van der Waals surface area (Å²) in [5.74, 6) is 1.89. The summed E-state index contributed by atoms with van der Waals surface area (Å²) < 4.78 is 0. The van der Waals surface area contributed by atoms with Crippen molar-refractivity contribution in [3.8, 4) is 0 Å². The van der Waals surface area contributed by atoms with Crippen LogP contribution in [0.4, 0.5) is 17.7 Å². The fourth-order valence-corrected chi connectivity index (χ4v) is 1.97. The Bertz CT molecular complexity index is 577. The first kappa shape index (κ1) is 14.0. The standard InChI is InChI=1S/C12H20N8/c1-3-4-5-8-7(2)16-11(13)18-10(8)15-6-9-17-12(14)20-19-9/h3-6H2,1-2H3,(H3,13,15,16,18)(H3,14,17,19,20). The van der Waals surface area contributed by atoms with E-state index < -0.39 is 0 Å². The minimum atomic E-state index is 0.228. The molecule has 0 radical (unpaired) electrons. The van der Waals surface area contributed by atoms with Crippen molar-refractivity contribution in [2.24, 2.45) is 0 Å². The van der Waals surface area contributed by atoms with Crippen molar-refractivity contribution < 1.29 is 0 Å². The third-order valence-electron chi connectivity index (χ3n) is 2.98. The summed E-state index contributed by atoms with van der Waals surface area (Å²) in [4.78, 5) is 12.5. The van der Waals surface area contributed by atoms with E-state index in [1.807, 2.05) is 6.92 Å². The molecule has 0 aromatic carbocycles. The predicted molar refractivity (Wildman–Crippen MR) is 77.9 cm³/mol. The second kappa shape index (κ2) is 6.18. The highest BCUT2D eigenvalue weighted by Gasteiger charge is 2.11. The highest BCUT2D eigenvalue weighted by molar-refractivity contribution is 5.49. The van der Waals surface area contributed by atoms with Gasteiger partial charge >= 0.3 is 0 Å². The fourth-order valence-electron chi connectivity index (χ4n) is 1.97. The highest BCUT2D eigenvalue weighted by atomic mass is 15.3. The average Bonchev–Trinajstić information content (AvgIpc) is 2.81. The van der Waals surface area contributed by atoms with Gasteiger partial charge in [0, 0.05) is 11.3 Å². The molecule has 2 aromatic rings. The van der Waals surface area contributed by atoms with Crippen LogP contribution in [0.3, 0.4) is 0 Å². The lowest BCUT2D eigenvalue weighted by Crippen LogP contribution is -2.11. The van der Waals surface area contributed by atoms with Crippen molar-refractivity contribution in [1.82, 2.24) is 25.1 Å². The van der Waals surface area contributed by atoms with E-state index in [1.54, 1.807) is 0 Å². The molecule has 0 unspecified atom stereocenters. The van der Waals surface area contributed by atoms with Crippen molar-refractivity contribution in [1.29, 1.82) is 0 Å². The Labute approximate surface area is 117 Å². The maximum atomic E-state index is 5.71. The molecular formula is C12H20N8. The second-order valence-corrected chi connectivity index (χ2v) is 4.59. The van der Waals surface area contributed by atoms with Crippen LogP contribution in [-0.2, 0) is 13.0 Å². The van der Waals surface area contributed by atoms with Crippen LogP contribution in [-0.4, -0.2) is 25.1 Å². The number of nitrogens with zero attached hydrogens (tertiary/aromatic N) is 4. The van der Waals surface area contributed by atoms with Crippen LogP contribution in [0.5, 0.6) is 0 Å². The fraction of sp³-hybridized carbons (Fsp3) is 0.500. The predicted octanol–water partition coefficient (Wildman–Crippen LogP) is 1.02. The molecule has 0 atom stereocenters. The van der Waals surface area contributed by atoms with E-state index in [0.29, 0.717) is 12.4 Å². The zero-order valence-electron chi connectivity index (χ0n) is 11.8. The van der Waals surface area contributed by atoms with E-state index in [4.69, 9.17) is 11.5 Å². The Morgan fingerprint density at radius 3 is 2.60 bits per heavy atom. The van der Waals surface area contributed by atoms with Crippen LogP contribution in [0.1, 0.15) is 36.8 Å². The number of nitrogens with one attached hydrogen (secondary N) is 2. The molecule has 8 nitrogen and oxygen atoms in total. The molecule has 0 saturated carbocycles. The molecule has 20 heavy (non-hydrogen) atoms. The lowest BCUT2D eigenvalue weighted by atomic mass is 10.1. The molecule has 6 N–H and O–H groups in total. The van der Waals surface area contributed by atoms with Gasteiger partial charge in [-0.05, 0) is 19.8 Å². The van der Waals surface area contributed by atoms with Crippen molar-refractivity contribution in [2.75, 3.05) is 16.8 Å². The minimum absolute atomic E-state index is 0.228. The number of rotatable bonds is 6. The van der Waals surface area contributed by atoms with E-state index in [0.717, 1.165) is 36.3 Å². The van der Waals surface area contributed by atoms with Gasteiger partial charge in [0.15, 0.2) is 0 Å². The van der Waals surface area contributed by atoms with Crippen LogP contribution < -0.4 is 16.8 Å². The zero-order chi connectivity index (χ0) is 14.5. The molecule has 0 aliphatic carbocycles. The molecule has 0 aliphatic heterocycles. The van der Waals surface area contributed by atoms with Gasteiger partial charge in [0.1, 0.15) is 11.6 Å². The van der Waals surface area contributed by atoms with Gasteiger partial charge in [-0.3, -0.25) is 5.10 Å². The van der Waals surface area contributed by atoms with Crippen LogP contribution in [0.15, 0.2) is 0 Å². The first-order chi connectivity index (χ1) is 9.60. The number of unbranched alkanes of at least 4 members (excludes halogenated alkanes) is 1. The number of nitrogens with two attached hydrogens (primary N) is 2. The summed E-state index contributed by atoms with van der Waals surface area (Å²) in [5, 5.41) is 9.74. The van der Waals surface area contributed by atoms with Crippen molar-refractivity contribution in [3.05, 3.63) is 17.1 Å². The summed E-state index contributed by atoms with van der Waals surface area (Å²) in [6, 6.07) is 0. The number of aromatic nitrogens is 5. The van der Waals surface area contributed by atoms with E-state index in [-0.39, 0.29) is 11.9 Å². The Balaban J connectivity index is 2.16. The van der Waals surface area contributed by atoms with Crippen molar-refractivity contribution >= 4 is 17.7 Å². The minimum Gasteiger partial charge on any atom is -0.368 e. The Morgan fingerprint density at radius 1 is 1.15 bits per heavy atom. The first-order valence-corrected chi connectivity index (χ1v) is 6.63. The van der Waals surface area contributed by atoms with Gasteiger partial charge in [-0.2, -0.15) is 9.97 Å². The number of aromatic amines is 1. The van der Waals surface area contributed by atoms with E-state index >= 15 is 0 Å². The quantitative estimate of drug-likeness (QED) is 0.619. The van der Waals surface area contributed by atoms with Gasteiger partial charge in [-0.1, -0.05) is 13.3 Å². The average molecular weight is 276 g/mol.